The van der Waals surface area contributed by atoms with Gasteiger partial charge < -0.3 is 15.2 Å². The minimum absolute atomic E-state index is 0.0579. The Kier molecular flexibility index (Phi) is 9.13. The highest BCUT2D eigenvalue weighted by Gasteiger charge is 2.27. The molecule has 0 aromatic rings. The van der Waals surface area contributed by atoms with Crippen molar-refractivity contribution in [2.24, 2.45) is 11.8 Å². The van der Waals surface area contributed by atoms with Crippen molar-refractivity contribution in [3.63, 3.8) is 0 Å². The molecular formula is C17H31NO4. The van der Waals surface area contributed by atoms with Crippen molar-refractivity contribution in [3.8, 4) is 0 Å². The van der Waals surface area contributed by atoms with Crippen LogP contribution < -0.4 is 5.32 Å². The molecule has 0 spiro atoms. The van der Waals surface area contributed by atoms with Crippen molar-refractivity contribution in [1.82, 2.24) is 5.32 Å². The fourth-order valence-corrected chi connectivity index (χ4v) is 3.31. The molecule has 1 fully saturated rings. The van der Waals surface area contributed by atoms with Gasteiger partial charge in [-0.05, 0) is 18.8 Å². The van der Waals surface area contributed by atoms with E-state index < -0.39 is 12.0 Å². The number of carbonyl (C=O) groups is 2. The predicted octanol–water partition coefficient (Wildman–Crippen LogP) is 2.98. The lowest BCUT2D eigenvalue weighted by molar-refractivity contribution is -0.143. The maximum atomic E-state index is 12.5. The second-order valence-electron chi connectivity index (χ2n) is 6.41. The maximum Gasteiger partial charge on any atom is 0.326 e. The smallest absolute Gasteiger partial charge is 0.326 e. The summed E-state index contributed by atoms with van der Waals surface area (Å²) in [6, 6.07) is -0.849. The first-order valence-electron chi connectivity index (χ1n) is 8.60. The highest BCUT2D eigenvalue weighted by molar-refractivity contribution is 5.84. The first-order valence-corrected chi connectivity index (χ1v) is 8.60. The Hall–Kier alpha value is -1.10. The van der Waals surface area contributed by atoms with E-state index >= 15 is 0 Å². The third-order valence-electron chi connectivity index (χ3n) is 4.58. The van der Waals surface area contributed by atoms with Gasteiger partial charge in [-0.1, -0.05) is 45.4 Å². The largest absolute Gasteiger partial charge is 0.480 e. The average Bonchev–Trinajstić information content (AvgIpc) is 2.51. The molecule has 1 amide bonds. The van der Waals surface area contributed by atoms with Gasteiger partial charge >= 0.3 is 5.97 Å². The van der Waals surface area contributed by atoms with Crippen molar-refractivity contribution in [2.45, 2.75) is 70.8 Å². The standard InChI is InChI=1S/C17H31NO4/c1-3-7-14(12-13-8-5-4-6-9-13)16(19)18-15(17(20)21)10-11-22-2/h13-15H,3-12H2,1-2H3,(H,18,19)(H,20,21). The van der Waals surface area contributed by atoms with Gasteiger partial charge in [0.2, 0.25) is 5.91 Å². The second-order valence-corrected chi connectivity index (χ2v) is 6.41. The molecule has 1 aliphatic rings. The molecule has 128 valence electrons. The van der Waals surface area contributed by atoms with Crippen LogP contribution >= 0.6 is 0 Å². The molecule has 1 aliphatic carbocycles. The van der Waals surface area contributed by atoms with Crippen LogP contribution in [0.2, 0.25) is 0 Å². The third kappa shape index (κ3) is 6.77. The van der Waals surface area contributed by atoms with Crippen LogP contribution in [-0.4, -0.2) is 36.7 Å². The SMILES string of the molecule is CCCC(CC1CCCCC1)C(=O)NC(CCOC)C(=O)O. The van der Waals surface area contributed by atoms with E-state index in [1.54, 1.807) is 0 Å². The molecule has 2 unspecified atom stereocenters. The van der Waals surface area contributed by atoms with E-state index in [1.165, 1.54) is 39.2 Å². The van der Waals surface area contributed by atoms with Crippen LogP contribution in [0.5, 0.6) is 0 Å². The zero-order valence-corrected chi connectivity index (χ0v) is 14.0. The molecule has 0 radical (unpaired) electrons. The van der Waals surface area contributed by atoms with Crippen LogP contribution in [0.3, 0.4) is 0 Å². The van der Waals surface area contributed by atoms with E-state index in [1.807, 2.05) is 0 Å². The Morgan fingerprint density at radius 1 is 1.23 bits per heavy atom. The van der Waals surface area contributed by atoms with Crippen molar-refractivity contribution in [2.75, 3.05) is 13.7 Å². The fraction of sp³-hybridized carbons (Fsp3) is 0.882. The number of methoxy groups -OCH3 is 1. The summed E-state index contributed by atoms with van der Waals surface area (Å²) in [5.74, 6) is -0.523. The zero-order valence-electron chi connectivity index (χ0n) is 14.0. The Labute approximate surface area is 133 Å². The molecule has 0 aliphatic heterocycles. The van der Waals surface area contributed by atoms with E-state index in [2.05, 4.69) is 12.2 Å². The Balaban J connectivity index is 2.55. The van der Waals surface area contributed by atoms with E-state index in [4.69, 9.17) is 4.74 Å². The van der Waals surface area contributed by atoms with Crippen molar-refractivity contribution < 1.29 is 19.4 Å². The monoisotopic (exact) mass is 313 g/mol. The van der Waals surface area contributed by atoms with Crippen molar-refractivity contribution in [1.29, 1.82) is 0 Å². The molecule has 1 saturated carbocycles. The minimum atomic E-state index is -0.988. The number of hydrogen-bond donors (Lipinski definition) is 2. The summed E-state index contributed by atoms with van der Waals surface area (Å²) in [7, 11) is 1.53. The Bertz CT molecular complexity index is 340. The summed E-state index contributed by atoms with van der Waals surface area (Å²) in [6.45, 7) is 2.40. The molecule has 0 saturated heterocycles. The van der Waals surface area contributed by atoms with Gasteiger partial charge in [0.25, 0.3) is 0 Å². The van der Waals surface area contributed by atoms with Crippen LogP contribution in [-0.2, 0) is 14.3 Å². The molecule has 2 atom stereocenters. The highest BCUT2D eigenvalue weighted by atomic mass is 16.5. The Morgan fingerprint density at radius 2 is 1.91 bits per heavy atom. The van der Waals surface area contributed by atoms with Gasteiger partial charge in [0.1, 0.15) is 6.04 Å². The summed E-state index contributed by atoms with van der Waals surface area (Å²) in [5.41, 5.74) is 0. The first kappa shape index (κ1) is 18.9. The lowest BCUT2D eigenvalue weighted by Crippen LogP contribution is -2.44. The van der Waals surface area contributed by atoms with Gasteiger partial charge in [-0.2, -0.15) is 0 Å². The number of rotatable bonds is 10. The number of carboxylic acid groups (broad SMARTS) is 1. The van der Waals surface area contributed by atoms with E-state index in [-0.39, 0.29) is 11.8 Å². The van der Waals surface area contributed by atoms with Gasteiger partial charge in [0.15, 0.2) is 0 Å². The molecule has 0 aromatic carbocycles. The van der Waals surface area contributed by atoms with Gasteiger partial charge in [0, 0.05) is 26.1 Å². The highest BCUT2D eigenvalue weighted by Crippen LogP contribution is 2.30. The number of ether oxygens (including phenoxy) is 1. The second kappa shape index (κ2) is 10.6. The summed E-state index contributed by atoms with van der Waals surface area (Å²) < 4.78 is 4.92. The molecule has 2 N–H and O–H groups in total. The molecule has 5 nitrogen and oxygen atoms in total. The maximum absolute atomic E-state index is 12.5. The molecule has 22 heavy (non-hydrogen) atoms. The van der Waals surface area contributed by atoms with Gasteiger partial charge in [0.05, 0.1) is 0 Å². The molecule has 0 aromatic heterocycles. The summed E-state index contributed by atoms with van der Waals surface area (Å²) in [6.07, 6.45) is 9.22. The number of aliphatic carboxylic acids is 1. The van der Waals surface area contributed by atoms with Gasteiger partial charge in [-0.25, -0.2) is 4.79 Å². The molecule has 1 rings (SSSR count). The molecular weight excluding hydrogens is 282 g/mol. The van der Waals surface area contributed by atoms with E-state index in [9.17, 15) is 14.7 Å². The topological polar surface area (TPSA) is 75.6 Å². The normalized spacial score (nSPS) is 18.6. The van der Waals surface area contributed by atoms with Crippen LogP contribution in [0.25, 0.3) is 0 Å². The molecule has 0 heterocycles. The van der Waals surface area contributed by atoms with Crippen LogP contribution in [0.4, 0.5) is 0 Å². The zero-order chi connectivity index (χ0) is 16.4. The quantitative estimate of drug-likeness (QED) is 0.650. The molecule has 0 bridgehead atoms. The van der Waals surface area contributed by atoms with Crippen LogP contribution in [0.15, 0.2) is 0 Å². The number of amides is 1. The van der Waals surface area contributed by atoms with Crippen molar-refractivity contribution in [3.05, 3.63) is 0 Å². The minimum Gasteiger partial charge on any atom is -0.480 e. The van der Waals surface area contributed by atoms with Gasteiger partial charge in [-0.3, -0.25) is 4.79 Å². The van der Waals surface area contributed by atoms with Gasteiger partial charge in [-0.15, -0.1) is 0 Å². The van der Waals surface area contributed by atoms with Crippen LogP contribution in [0.1, 0.15) is 64.7 Å². The fourth-order valence-electron chi connectivity index (χ4n) is 3.31. The first-order chi connectivity index (χ1) is 10.6. The summed E-state index contributed by atoms with van der Waals surface area (Å²) in [5, 5.41) is 11.9. The van der Waals surface area contributed by atoms with E-state index in [0.29, 0.717) is 18.9 Å². The lowest BCUT2D eigenvalue weighted by Gasteiger charge is -2.27. The predicted molar refractivity (Wildman–Crippen MR) is 85.6 cm³/mol. The number of nitrogens with one attached hydrogen (secondary N) is 1. The van der Waals surface area contributed by atoms with E-state index in [0.717, 1.165) is 19.3 Å². The van der Waals surface area contributed by atoms with Crippen LogP contribution in [0, 0.1) is 11.8 Å². The average molecular weight is 313 g/mol. The third-order valence-corrected chi connectivity index (χ3v) is 4.58. The number of hydrogen-bond acceptors (Lipinski definition) is 3. The Morgan fingerprint density at radius 3 is 2.45 bits per heavy atom. The summed E-state index contributed by atoms with van der Waals surface area (Å²) in [4.78, 5) is 23.7. The van der Waals surface area contributed by atoms with Crippen molar-refractivity contribution >= 4 is 11.9 Å². The number of carbonyl (C=O) groups excluding carboxylic acids is 1. The molecule has 5 heteroatoms. The summed E-state index contributed by atoms with van der Waals surface area (Å²) >= 11 is 0. The lowest BCUT2D eigenvalue weighted by atomic mass is 9.81. The number of carboxylic acids is 1.